The molecule has 2 heterocycles. The Morgan fingerprint density at radius 1 is 1.00 bits per heavy atom. The zero-order valence-electron chi connectivity index (χ0n) is 11.4. The number of hydrogen-bond donors (Lipinski definition) is 0. The lowest BCUT2D eigenvalue weighted by Gasteiger charge is -2.06. The number of benzene rings is 1. The first kappa shape index (κ1) is 12.0. The van der Waals surface area contributed by atoms with Gasteiger partial charge in [-0.15, -0.1) is 0 Å². The molecule has 0 aliphatic heterocycles. The molecule has 0 saturated carbocycles. The van der Waals surface area contributed by atoms with Gasteiger partial charge in [-0.1, -0.05) is 35.5 Å². The number of aromatic nitrogens is 3. The van der Waals surface area contributed by atoms with E-state index in [9.17, 15) is 0 Å². The summed E-state index contributed by atoms with van der Waals surface area (Å²) in [7, 11) is 0. The van der Waals surface area contributed by atoms with E-state index in [1.54, 1.807) is 12.4 Å². The maximum atomic E-state index is 5.48. The second-order valence-electron chi connectivity index (χ2n) is 4.97. The Hall–Kier alpha value is -2.75. The van der Waals surface area contributed by atoms with Crippen molar-refractivity contribution in [3.8, 4) is 11.4 Å². The van der Waals surface area contributed by atoms with Gasteiger partial charge in [-0.05, 0) is 35.4 Å². The fraction of sp³-hybridized carbons (Fsp3) is 0.118. The van der Waals surface area contributed by atoms with Gasteiger partial charge in [0.2, 0.25) is 5.82 Å². The van der Waals surface area contributed by atoms with Crippen molar-refractivity contribution in [3.05, 3.63) is 65.1 Å². The average Bonchev–Trinajstić information content (AvgIpc) is 3.05. The van der Waals surface area contributed by atoms with E-state index >= 15 is 0 Å². The zero-order chi connectivity index (χ0) is 14.1. The summed E-state index contributed by atoms with van der Waals surface area (Å²) in [5.74, 6) is 1.22. The van der Waals surface area contributed by atoms with Crippen molar-refractivity contribution in [2.45, 2.75) is 12.8 Å². The molecule has 0 unspecified atom stereocenters. The maximum Gasteiger partial charge on any atom is 0.254 e. The van der Waals surface area contributed by atoms with Crippen LogP contribution in [0.1, 0.15) is 18.7 Å². The van der Waals surface area contributed by atoms with Crippen LogP contribution in [0.2, 0.25) is 0 Å². The summed E-state index contributed by atoms with van der Waals surface area (Å²) in [6.07, 6.45) is 7.63. The van der Waals surface area contributed by atoms with Gasteiger partial charge in [0.25, 0.3) is 5.89 Å². The van der Waals surface area contributed by atoms with Crippen molar-refractivity contribution in [1.29, 1.82) is 0 Å². The van der Waals surface area contributed by atoms with Crippen LogP contribution in [0.5, 0.6) is 0 Å². The van der Waals surface area contributed by atoms with Gasteiger partial charge in [0.1, 0.15) is 0 Å². The minimum atomic E-state index is 0.604. The second-order valence-corrected chi connectivity index (χ2v) is 4.97. The molecule has 3 aromatic rings. The third-order valence-corrected chi connectivity index (χ3v) is 3.67. The van der Waals surface area contributed by atoms with Crippen molar-refractivity contribution in [2.24, 2.45) is 0 Å². The quantitative estimate of drug-likeness (QED) is 0.717. The minimum absolute atomic E-state index is 0.604. The van der Waals surface area contributed by atoms with Crippen molar-refractivity contribution in [3.63, 3.8) is 0 Å². The molecule has 1 aliphatic carbocycles. The predicted octanol–water partition coefficient (Wildman–Crippen LogP) is 1.90. The van der Waals surface area contributed by atoms with Crippen molar-refractivity contribution in [1.82, 2.24) is 15.1 Å². The Labute approximate surface area is 121 Å². The van der Waals surface area contributed by atoms with Crippen molar-refractivity contribution >= 4 is 11.6 Å². The Kier molecular flexibility index (Phi) is 2.85. The van der Waals surface area contributed by atoms with Crippen LogP contribution in [0, 0.1) is 0 Å². The van der Waals surface area contributed by atoms with E-state index in [1.807, 2.05) is 18.2 Å². The van der Waals surface area contributed by atoms with E-state index in [2.05, 4.69) is 39.4 Å². The molecule has 0 spiro atoms. The molecule has 2 aromatic heterocycles. The number of hydrogen-bond acceptors (Lipinski definition) is 4. The molecule has 0 fully saturated rings. The van der Waals surface area contributed by atoms with Gasteiger partial charge in [0.05, 0.1) is 0 Å². The third-order valence-electron chi connectivity index (χ3n) is 3.67. The van der Waals surface area contributed by atoms with Gasteiger partial charge in [0, 0.05) is 23.5 Å². The van der Waals surface area contributed by atoms with Crippen LogP contribution in [-0.4, -0.2) is 15.1 Å². The lowest BCUT2D eigenvalue weighted by Crippen LogP contribution is -2.29. The standard InChI is InChI=1S/C17H13N3O/c1-2-6-14-12(4-1)5-3-7-15(14)17-19-16(20-21-17)13-8-10-18-11-9-13/h1-2,4-6,8-11H,3,7H2. The number of pyridine rings is 1. The smallest absolute Gasteiger partial charge is 0.254 e. The van der Waals surface area contributed by atoms with E-state index in [0.717, 1.165) is 24.0 Å². The molecule has 4 rings (SSSR count). The molecule has 0 N–H and O–H groups in total. The third kappa shape index (κ3) is 2.14. The lowest BCUT2D eigenvalue weighted by atomic mass is 9.99. The minimum Gasteiger partial charge on any atom is -0.334 e. The fourth-order valence-corrected chi connectivity index (χ4v) is 2.64. The summed E-state index contributed by atoms with van der Waals surface area (Å²) >= 11 is 0. The summed E-state index contributed by atoms with van der Waals surface area (Å²) in [6.45, 7) is 0. The van der Waals surface area contributed by atoms with E-state index in [1.165, 1.54) is 10.4 Å². The second kappa shape index (κ2) is 4.98. The molecule has 4 heteroatoms. The summed E-state index contributed by atoms with van der Waals surface area (Å²) in [4.78, 5) is 8.55. The topological polar surface area (TPSA) is 51.8 Å². The summed E-state index contributed by atoms with van der Waals surface area (Å²) < 4.78 is 5.48. The molecule has 0 bridgehead atoms. The van der Waals surface area contributed by atoms with Crippen LogP contribution in [0.15, 0.2) is 53.3 Å². The molecule has 1 aromatic carbocycles. The highest BCUT2D eigenvalue weighted by Gasteiger charge is 2.15. The van der Waals surface area contributed by atoms with Crippen LogP contribution in [0.4, 0.5) is 0 Å². The van der Waals surface area contributed by atoms with Crippen LogP contribution >= 0.6 is 0 Å². The maximum absolute atomic E-state index is 5.48. The molecule has 1 aliphatic rings. The van der Waals surface area contributed by atoms with Gasteiger partial charge in [-0.3, -0.25) is 4.98 Å². The van der Waals surface area contributed by atoms with Crippen LogP contribution in [-0.2, 0) is 0 Å². The molecule has 0 radical (unpaired) electrons. The monoisotopic (exact) mass is 275 g/mol. The van der Waals surface area contributed by atoms with Gasteiger partial charge < -0.3 is 4.52 Å². The predicted molar refractivity (Wildman–Crippen MR) is 79.4 cm³/mol. The molecule has 102 valence electrons. The molecule has 0 amide bonds. The van der Waals surface area contributed by atoms with E-state index in [0.29, 0.717) is 11.7 Å². The molecule has 4 nitrogen and oxygen atoms in total. The molecule has 21 heavy (non-hydrogen) atoms. The number of rotatable bonds is 2. The largest absolute Gasteiger partial charge is 0.334 e. The van der Waals surface area contributed by atoms with Gasteiger partial charge in [-0.2, -0.15) is 4.98 Å². The Balaban J connectivity index is 1.86. The first-order chi connectivity index (χ1) is 10.4. The van der Waals surface area contributed by atoms with Gasteiger partial charge in [-0.25, -0.2) is 0 Å². The normalized spacial score (nSPS) is 13.6. The lowest BCUT2D eigenvalue weighted by molar-refractivity contribution is 0.406. The Bertz CT molecular complexity index is 897. The van der Waals surface area contributed by atoms with E-state index in [4.69, 9.17) is 4.52 Å². The first-order valence-electron chi connectivity index (χ1n) is 6.95. The summed E-state index contributed by atoms with van der Waals surface area (Å²) in [6, 6.07) is 12.1. The van der Waals surface area contributed by atoms with Crippen LogP contribution in [0.3, 0.4) is 0 Å². The van der Waals surface area contributed by atoms with Gasteiger partial charge >= 0.3 is 0 Å². The highest BCUT2D eigenvalue weighted by Crippen LogP contribution is 2.20. The van der Waals surface area contributed by atoms with E-state index in [-0.39, 0.29) is 0 Å². The SMILES string of the molecule is C1=c2ccccc2=C(c2nc(-c3ccncc3)no2)CC1. The van der Waals surface area contributed by atoms with E-state index < -0.39 is 0 Å². The van der Waals surface area contributed by atoms with Crippen molar-refractivity contribution in [2.75, 3.05) is 0 Å². The average molecular weight is 275 g/mol. The summed E-state index contributed by atoms with van der Waals surface area (Å²) in [5, 5.41) is 6.52. The fourth-order valence-electron chi connectivity index (χ4n) is 2.64. The zero-order valence-corrected chi connectivity index (χ0v) is 11.4. The number of nitrogens with zero attached hydrogens (tertiary/aromatic N) is 3. The van der Waals surface area contributed by atoms with Crippen molar-refractivity contribution < 1.29 is 4.52 Å². The Morgan fingerprint density at radius 3 is 2.76 bits per heavy atom. The number of fused-ring (bicyclic) bond motifs is 1. The molecule has 0 atom stereocenters. The van der Waals surface area contributed by atoms with Crippen LogP contribution < -0.4 is 10.4 Å². The van der Waals surface area contributed by atoms with Gasteiger partial charge in [0.15, 0.2) is 0 Å². The summed E-state index contributed by atoms with van der Waals surface area (Å²) in [5.41, 5.74) is 2.04. The molecular formula is C17H13N3O. The van der Waals surface area contributed by atoms with Crippen LogP contribution in [0.25, 0.3) is 23.0 Å². The highest BCUT2D eigenvalue weighted by molar-refractivity contribution is 5.64. The highest BCUT2D eigenvalue weighted by atomic mass is 16.5. The first-order valence-corrected chi connectivity index (χ1v) is 6.95. The molecule has 0 saturated heterocycles. The Morgan fingerprint density at radius 2 is 1.86 bits per heavy atom. The molecular weight excluding hydrogens is 262 g/mol.